The van der Waals surface area contributed by atoms with E-state index in [9.17, 15) is 0 Å². The van der Waals surface area contributed by atoms with Crippen molar-refractivity contribution in [2.45, 2.75) is 25.8 Å². The van der Waals surface area contributed by atoms with Crippen LogP contribution in [-0.4, -0.2) is 43.1 Å². The number of aryl methyl sites for hydroxylation is 1. The molecule has 2 heterocycles. The minimum Gasteiger partial charge on any atom is -0.353 e. The van der Waals surface area contributed by atoms with Gasteiger partial charge in [-0.05, 0) is 38.2 Å². The number of hydrogen-bond donors (Lipinski definition) is 0. The largest absolute Gasteiger partial charge is 0.353 e. The Morgan fingerprint density at radius 3 is 2.81 bits per heavy atom. The maximum absolute atomic E-state index is 4.44. The molecule has 0 aromatic carbocycles. The molecule has 0 atom stereocenters. The minimum atomic E-state index is 0.691. The van der Waals surface area contributed by atoms with Gasteiger partial charge in [-0.3, -0.25) is 0 Å². The van der Waals surface area contributed by atoms with Gasteiger partial charge in [-0.15, -0.1) is 0 Å². The van der Waals surface area contributed by atoms with E-state index < -0.39 is 0 Å². The predicted molar refractivity (Wildman–Crippen MR) is 67.9 cm³/mol. The first-order valence-electron chi connectivity index (χ1n) is 6.07. The summed E-state index contributed by atoms with van der Waals surface area (Å²) in [5.41, 5.74) is 1.40. The number of hydrogen-bond acceptors (Lipinski definition) is 3. The summed E-state index contributed by atoms with van der Waals surface area (Å²) >= 11 is 0. The molecule has 0 radical (unpaired) electrons. The Bertz CT molecular complexity index is 343. The summed E-state index contributed by atoms with van der Waals surface area (Å²) in [5, 5.41) is 0. The van der Waals surface area contributed by atoms with E-state index in [1.54, 1.807) is 0 Å². The SMILES string of the molecule is CCCc1ccnc(N2CC(N(C)C)C2)c1. The highest BCUT2D eigenvalue weighted by molar-refractivity contribution is 5.44. The van der Waals surface area contributed by atoms with Crippen LogP contribution in [0.25, 0.3) is 0 Å². The first kappa shape index (κ1) is 11.4. The lowest BCUT2D eigenvalue weighted by Gasteiger charge is -2.43. The monoisotopic (exact) mass is 219 g/mol. The van der Waals surface area contributed by atoms with Gasteiger partial charge in [0.1, 0.15) is 5.82 Å². The molecule has 0 unspecified atom stereocenters. The van der Waals surface area contributed by atoms with Crippen LogP contribution in [0.2, 0.25) is 0 Å². The van der Waals surface area contributed by atoms with Crippen LogP contribution >= 0.6 is 0 Å². The summed E-state index contributed by atoms with van der Waals surface area (Å²) in [5.74, 6) is 1.14. The third-order valence-corrected chi connectivity index (χ3v) is 3.27. The topological polar surface area (TPSA) is 19.4 Å². The Kier molecular flexibility index (Phi) is 3.44. The molecule has 0 bridgehead atoms. The van der Waals surface area contributed by atoms with Crippen molar-refractivity contribution in [3.05, 3.63) is 23.9 Å². The van der Waals surface area contributed by atoms with Gasteiger partial charge < -0.3 is 9.80 Å². The normalized spacial score (nSPS) is 16.6. The Morgan fingerprint density at radius 1 is 1.44 bits per heavy atom. The third kappa shape index (κ3) is 2.35. The van der Waals surface area contributed by atoms with Crippen molar-refractivity contribution in [3.63, 3.8) is 0 Å². The van der Waals surface area contributed by atoms with E-state index in [1.165, 1.54) is 12.0 Å². The van der Waals surface area contributed by atoms with E-state index in [1.807, 2.05) is 6.20 Å². The molecule has 0 amide bonds. The van der Waals surface area contributed by atoms with Crippen LogP contribution in [0.15, 0.2) is 18.3 Å². The molecule has 16 heavy (non-hydrogen) atoms. The van der Waals surface area contributed by atoms with Crippen molar-refractivity contribution in [1.82, 2.24) is 9.88 Å². The zero-order valence-electron chi connectivity index (χ0n) is 10.5. The second-order valence-electron chi connectivity index (χ2n) is 4.79. The molecular weight excluding hydrogens is 198 g/mol. The average molecular weight is 219 g/mol. The molecule has 88 valence electrons. The summed E-state index contributed by atoms with van der Waals surface area (Å²) in [4.78, 5) is 9.08. The van der Waals surface area contributed by atoms with Crippen LogP contribution in [0, 0.1) is 0 Å². The molecule has 1 aliphatic heterocycles. The first-order valence-corrected chi connectivity index (χ1v) is 6.07. The fourth-order valence-electron chi connectivity index (χ4n) is 2.05. The number of pyridine rings is 1. The van der Waals surface area contributed by atoms with Gasteiger partial charge in [0.05, 0.1) is 0 Å². The van der Waals surface area contributed by atoms with Crippen LogP contribution in [0.4, 0.5) is 5.82 Å². The molecule has 0 spiro atoms. The molecule has 2 rings (SSSR count). The first-order chi connectivity index (χ1) is 7.70. The van der Waals surface area contributed by atoms with E-state index in [2.05, 4.69) is 47.9 Å². The summed E-state index contributed by atoms with van der Waals surface area (Å²) < 4.78 is 0. The van der Waals surface area contributed by atoms with Crippen LogP contribution in [0.5, 0.6) is 0 Å². The number of likely N-dealkylation sites (N-methyl/N-ethyl adjacent to an activating group) is 1. The molecule has 3 heteroatoms. The van der Waals surface area contributed by atoms with Gasteiger partial charge >= 0.3 is 0 Å². The molecule has 1 fully saturated rings. The molecule has 1 aromatic rings. The van der Waals surface area contributed by atoms with Crippen LogP contribution in [-0.2, 0) is 6.42 Å². The quantitative estimate of drug-likeness (QED) is 0.769. The lowest BCUT2D eigenvalue weighted by Crippen LogP contribution is -2.57. The van der Waals surface area contributed by atoms with Gasteiger partial charge in [0, 0.05) is 25.3 Å². The van der Waals surface area contributed by atoms with E-state index >= 15 is 0 Å². The molecular formula is C13H21N3. The lowest BCUT2D eigenvalue weighted by atomic mass is 10.1. The highest BCUT2D eigenvalue weighted by Crippen LogP contribution is 2.21. The van der Waals surface area contributed by atoms with Crippen molar-refractivity contribution in [2.75, 3.05) is 32.1 Å². The number of aromatic nitrogens is 1. The van der Waals surface area contributed by atoms with Crippen molar-refractivity contribution in [3.8, 4) is 0 Å². The molecule has 1 aliphatic rings. The molecule has 0 N–H and O–H groups in total. The van der Waals surface area contributed by atoms with Gasteiger partial charge in [0.25, 0.3) is 0 Å². The summed E-state index contributed by atoms with van der Waals surface area (Å²) in [6, 6.07) is 5.04. The minimum absolute atomic E-state index is 0.691. The van der Waals surface area contributed by atoms with Crippen molar-refractivity contribution in [1.29, 1.82) is 0 Å². The maximum Gasteiger partial charge on any atom is 0.128 e. The van der Waals surface area contributed by atoms with Crippen LogP contribution in [0.1, 0.15) is 18.9 Å². The second kappa shape index (κ2) is 4.83. The van der Waals surface area contributed by atoms with Gasteiger partial charge in [0.15, 0.2) is 0 Å². The van der Waals surface area contributed by atoms with E-state index in [0.29, 0.717) is 6.04 Å². The molecule has 1 saturated heterocycles. The summed E-state index contributed by atoms with van der Waals surface area (Å²) in [7, 11) is 4.28. The Morgan fingerprint density at radius 2 is 2.19 bits per heavy atom. The second-order valence-corrected chi connectivity index (χ2v) is 4.79. The van der Waals surface area contributed by atoms with Crippen molar-refractivity contribution in [2.24, 2.45) is 0 Å². The van der Waals surface area contributed by atoms with Crippen molar-refractivity contribution >= 4 is 5.82 Å². The molecule has 0 aliphatic carbocycles. The van der Waals surface area contributed by atoms with Gasteiger partial charge in [-0.25, -0.2) is 4.98 Å². The fourth-order valence-corrected chi connectivity index (χ4v) is 2.05. The Balaban J connectivity index is 1.98. The molecule has 0 saturated carbocycles. The maximum atomic E-state index is 4.44. The lowest BCUT2D eigenvalue weighted by molar-refractivity contribution is 0.246. The van der Waals surface area contributed by atoms with E-state index in [-0.39, 0.29) is 0 Å². The van der Waals surface area contributed by atoms with Gasteiger partial charge in [0.2, 0.25) is 0 Å². The summed E-state index contributed by atoms with van der Waals surface area (Å²) in [6.45, 7) is 4.43. The molecule has 3 nitrogen and oxygen atoms in total. The summed E-state index contributed by atoms with van der Waals surface area (Å²) in [6.07, 6.45) is 4.29. The zero-order valence-corrected chi connectivity index (χ0v) is 10.5. The van der Waals surface area contributed by atoms with E-state index in [4.69, 9.17) is 0 Å². The number of rotatable bonds is 4. The highest BCUT2D eigenvalue weighted by atomic mass is 15.3. The standard InChI is InChI=1S/C13H21N3/c1-4-5-11-6-7-14-13(8-11)16-9-12(10-16)15(2)3/h6-8,12H,4-5,9-10H2,1-3H3. The highest BCUT2D eigenvalue weighted by Gasteiger charge is 2.28. The zero-order chi connectivity index (χ0) is 11.5. The van der Waals surface area contributed by atoms with Crippen molar-refractivity contribution < 1.29 is 0 Å². The number of nitrogens with zero attached hydrogens (tertiary/aromatic N) is 3. The van der Waals surface area contributed by atoms with Gasteiger partial charge in [-0.1, -0.05) is 13.3 Å². The Hall–Kier alpha value is -1.09. The van der Waals surface area contributed by atoms with E-state index in [0.717, 1.165) is 25.3 Å². The number of anilines is 1. The average Bonchev–Trinajstić information content (AvgIpc) is 2.15. The molecule has 1 aromatic heterocycles. The smallest absolute Gasteiger partial charge is 0.128 e. The Labute approximate surface area is 98.1 Å². The van der Waals surface area contributed by atoms with Crippen LogP contribution in [0.3, 0.4) is 0 Å². The van der Waals surface area contributed by atoms with Gasteiger partial charge in [-0.2, -0.15) is 0 Å². The fraction of sp³-hybridized carbons (Fsp3) is 0.615. The third-order valence-electron chi connectivity index (χ3n) is 3.27. The van der Waals surface area contributed by atoms with Crippen LogP contribution < -0.4 is 4.90 Å². The predicted octanol–water partition coefficient (Wildman–Crippen LogP) is 1.78.